The van der Waals surface area contributed by atoms with E-state index in [0.717, 1.165) is 6.07 Å². The first kappa shape index (κ1) is 18.0. The van der Waals surface area contributed by atoms with Crippen LogP contribution in [0.25, 0.3) is 0 Å². The number of hydrogen-bond acceptors (Lipinski definition) is 5. The van der Waals surface area contributed by atoms with Gasteiger partial charge in [-0.2, -0.15) is 0 Å². The fourth-order valence-electron chi connectivity index (χ4n) is 1.51. The zero-order valence-electron chi connectivity index (χ0n) is 13.0. The number of rotatable bonds is 3. The molecule has 0 aliphatic rings. The van der Waals surface area contributed by atoms with Gasteiger partial charge in [-0.05, 0) is 26.8 Å². The Balaban J connectivity index is 2.80. The van der Waals surface area contributed by atoms with Crippen molar-refractivity contribution in [1.82, 2.24) is 5.32 Å². The second kappa shape index (κ2) is 7.26. The Morgan fingerprint density at radius 3 is 2.52 bits per heavy atom. The van der Waals surface area contributed by atoms with Gasteiger partial charge in [0.1, 0.15) is 5.60 Å². The van der Waals surface area contributed by atoms with Crippen molar-refractivity contribution in [3.8, 4) is 11.8 Å². The first-order valence-corrected chi connectivity index (χ1v) is 6.63. The summed E-state index contributed by atoms with van der Waals surface area (Å²) >= 11 is 0. The van der Waals surface area contributed by atoms with Gasteiger partial charge in [0.05, 0.1) is 11.5 Å². The number of ether oxygens (including phenoxy) is 1. The minimum absolute atomic E-state index is 0.0104. The summed E-state index contributed by atoms with van der Waals surface area (Å²) in [6.45, 7) is 5.18. The maximum absolute atomic E-state index is 11.4. The SMILES string of the molecule is CC(C)(C)OC(=O)NCC#Cc1cc(C(N)=O)cc([N+](=O)[O-])c1. The van der Waals surface area contributed by atoms with Gasteiger partial charge in [-0.3, -0.25) is 14.9 Å². The smallest absolute Gasteiger partial charge is 0.408 e. The van der Waals surface area contributed by atoms with Crippen molar-refractivity contribution >= 4 is 17.7 Å². The molecule has 1 aromatic carbocycles. The molecule has 0 saturated heterocycles. The molecule has 8 nitrogen and oxygen atoms in total. The lowest BCUT2D eigenvalue weighted by atomic mass is 10.1. The third-order valence-corrected chi connectivity index (χ3v) is 2.37. The summed E-state index contributed by atoms with van der Waals surface area (Å²) in [5, 5.41) is 13.2. The molecule has 0 fully saturated rings. The third kappa shape index (κ3) is 6.48. The van der Waals surface area contributed by atoms with Gasteiger partial charge in [0.2, 0.25) is 5.91 Å². The molecular formula is C15H17N3O5. The molecule has 1 rings (SSSR count). The normalized spacial score (nSPS) is 10.2. The number of nitrogens with two attached hydrogens (primary N) is 1. The fraction of sp³-hybridized carbons (Fsp3) is 0.333. The second-order valence-electron chi connectivity index (χ2n) is 5.55. The van der Waals surface area contributed by atoms with E-state index in [1.54, 1.807) is 20.8 Å². The van der Waals surface area contributed by atoms with Crippen molar-refractivity contribution in [2.45, 2.75) is 26.4 Å². The number of nitro benzene ring substituents is 1. The van der Waals surface area contributed by atoms with Crippen LogP contribution in [0, 0.1) is 22.0 Å². The third-order valence-electron chi connectivity index (χ3n) is 2.37. The average molecular weight is 319 g/mol. The van der Waals surface area contributed by atoms with E-state index in [0.29, 0.717) is 0 Å². The minimum Gasteiger partial charge on any atom is -0.444 e. The Bertz CT molecular complexity index is 663. The van der Waals surface area contributed by atoms with Crippen LogP contribution in [-0.4, -0.2) is 29.1 Å². The predicted octanol–water partition coefficient (Wildman–Crippen LogP) is 1.57. The van der Waals surface area contributed by atoms with E-state index >= 15 is 0 Å². The van der Waals surface area contributed by atoms with Crippen molar-refractivity contribution < 1.29 is 19.2 Å². The topological polar surface area (TPSA) is 125 Å². The van der Waals surface area contributed by atoms with Crippen LogP contribution >= 0.6 is 0 Å². The van der Waals surface area contributed by atoms with Crippen LogP contribution in [-0.2, 0) is 4.74 Å². The fourth-order valence-corrected chi connectivity index (χ4v) is 1.51. The molecule has 8 heteroatoms. The standard InChI is InChI=1S/C15H17N3O5/c1-15(2,3)23-14(20)17-6-4-5-10-7-11(13(16)19)9-12(8-10)18(21)22/h7-9H,6H2,1-3H3,(H2,16,19)(H,17,20). The molecule has 0 aliphatic carbocycles. The molecule has 0 atom stereocenters. The molecule has 0 spiro atoms. The number of alkyl carbamates (subject to hydrolysis) is 1. The van der Waals surface area contributed by atoms with E-state index in [1.165, 1.54) is 12.1 Å². The molecule has 23 heavy (non-hydrogen) atoms. The van der Waals surface area contributed by atoms with Gasteiger partial charge in [-0.25, -0.2) is 4.79 Å². The van der Waals surface area contributed by atoms with Crippen LogP contribution in [0.4, 0.5) is 10.5 Å². The quantitative estimate of drug-likeness (QED) is 0.497. The van der Waals surface area contributed by atoms with E-state index < -0.39 is 22.5 Å². The van der Waals surface area contributed by atoms with Crippen LogP contribution < -0.4 is 11.1 Å². The number of amides is 2. The van der Waals surface area contributed by atoms with Crippen molar-refractivity contribution in [2.24, 2.45) is 5.73 Å². The summed E-state index contributed by atoms with van der Waals surface area (Å²) < 4.78 is 5.02. The van der Waals surface area contributed by atoms with Gasteiger partial charge >= 0.3 is 6.09 Å². The summed E-state index contributed by atoms with van der Waals surface area (Å²) in [7, 11) is 0. The van der Waals surface area contributed by atoms with E-state index in [1.807, 2.05) is 0 Å². The summed E-state index contributed by atoms with van der Waals surface area (Å²) in [4.78, 5) is 32.7. The lowest BCUT2D eigenvalue weighted by Gasteiger charge is -2.18. The van der Waals surface area contributed by atoms with E-state index in [-0.39, 0.29) is 23.4 Å². The largest absolute Gasteiger partial charge is 0.444 e. The number of nitro groups is 1. The Morgan fingerprint density at radius 1 is 1.35 bits per heavy atom. The highest BCUT2D eigenvalue weighted by molar-refractivity contribution is 5.93. The van der Waals surface area contributed by atoms with Crippen LogP contribution in [0.2, 0.25) is 0 Å². The minimum atomic E-state index is -0.788. The second-order valence-corrected chi connectivity index (χ2v) is 5.55. The predicted molar refractivity (Wildman–Crippen MR) is 82.7 cm³/mol. The van der Waals surface area contributed by atoms with Crippen molar-refractivity contribution in [3.63, 3.8) is 0 Å². The molecular weight excluding hydrogens is 302 g/mol. The molecule has 0 unspecified atom stereocenters. The van der Waals surface area contributed by atoms with Crippen molar-refractivity contribution in [1.29, 1.82) is 0 Å². The highest BCUT2D eigenvalue weighted by atomic mass is 16.6. The number of primary amides is 1. The number of benzene rings is 1. The van der Waals surface area contributed by atoms with Gasteiger partial charge in [0.15, 0.2) is 0 Å². The molecule has 2 amide bonds. The number of hydrogen-bond donors (Lipinski definition) is 2. The molecule has 0 radical (unpaired) electrons. The molecule has 0 aromatic heterocycles. The monoisotopic (exact) mass is 319 g/mol. The molecule has 0 bridgehead atoms. The highest BCUT2D eigenvalue weighted by Gasteiger charge is 2.15. The molecule has 0 heterocycles. The average Bonchev–Trinajstić information content (AvgIpc) is 2.41. The Hall–Kier alpha value is -3.08. The molecule has 1 aromatic rings. The molecule has 0 aliphatic heterocycles. The van der Waals surface area contributed by atoms with E-state index in [9.17, 15) is 19.7 Å². The molecule has 3 N–H and O–H groups in total. The molecule has 122 valence electrons. The lowest BCUT2D eigenvalue weighted by Crippen LogP contribution is -2.32. The number of carbonyl (C=O) groups excluding carboxylic acids is 2. The van der Waals surface area contributed by atoms with Gasteiger partial charge in [-0.15, -0.1) is 0 Å². The van der Waals surface area contributed by atoms with Gasteiger partial charge in [0, 0.05) is 23.3 Å². The van der Waals surface area contributed by atoms with Crippen LogP contribution in [0.5, 0.6) is 0 Å². The van der Waals surface area contributed by atoms with Crippen LogP contribution in [0.3, 0.4) is 0 Å². The van der Waals surface area contributed by atoms with Crippen LogP contribution in [0.15, 0.2) is 18.2 Å². The number of nitrogens with zero attached hydrogens (tertiary/aromatic N) is 1. The highest BCUT2D eigenvalue weighted by Crippen LogP contribution is 2.16. The Kier molecular flexibility index (Phi) is 5.68. The van der Waals surface area contributed by atoms with Crippen molar-refractivity contribution in [3.05, 3.63) is 39.4 Å². The first-order chi connectivity index (χ1) is 10.6. The maximum atomic E-state index is 11.4. The summed E-state index contributed by atoms with van der Waals surface area (Å²) in [6, 6.07) is 3.63. The summed E-state index contributed by atoms with van der Waals surface area (Å²) in [5.74, 6) is 4.45. The first-order valence-electron chi connectivity index (χ1n) is 6.63. The zero-order valence-corrected chi connectivity index (χ0v) is 13.0. The van der Waals surface area contributed by atoms with Crippen LogP contribution in [0.1, 0.15) is 36.7 Å². The van der Waals surface area contributed by atoms with Gasteiger partial charge in [0.25, 0.3) is 5.69 Å². The zero-order chi connectivity index (χ0) is 17.6. The maximum Gasteiger partial charge on any atom is 0.408 e. The number of carbonyl (C=O) groups is 2. The number of non-ortho nitro benzene ring substituents is 1. The van der Waals surface area contributed by atoms with E-state index in [2.05, 4.69) is 17.2 Å². The lowest BCUT2D eigenvalue weighted by molar-refractivity contribution is -0.384. The van der Waals surface area contributed by atoms with Gasteiger partial charge < -0.3 is 15.8 Å². The summed E-state index contributed by atoms with van der Waals surface area (Å²) in [5.41, 5.74) is 4.46. The van der Waals surface area contributed by atoms with E-state index in [4.69, 9.17) is 10.5 Å². The van der Waals surface area contributed by atoms with Gasteiger partial charge in [-0.1, -0.05) is 11.8 Å². The Labute approximate surface area is 133 Å². The Morgan fingerprint density at radius 2 is 2.00 bits per heavy atom. The summed E-state index contributed by atoms with van der Waals surface area (Å²) in [6.07, 6.45) is -0.622. The molecule has 0 saturated carbocycles. The number of nitrogens with one attached hydrogen (secondary N) is 1. The van der Waals surface area contributed by atoms with Crippen molar-refractivity contribution in [2.75, 3.05) is 6.54 Å².